The molecule has 1 saturated carbocycles. The maximum atomic E-state index is 13.2. The van der Waals surface area contributed by atoms with Crippen LogP contribution in [0.1, 0.15) is 50.3 Å². The third-order valence-electron chi connectivity index (χ3n) is 5.79. The summed E-state index contributed by atoms with van der Waals surface area (Å²) in [5, 5.41) is 8.95. The minimum Gasteiger partial charge on any atom is -0.435 e. The topological polar surface area (TPSA) is 122 Å². The molecule has 1 spiro atoms. The van der Waals surface area contributed by atoms with Crippen molar-refractivity contribution >= 4 is 39.5 Å². The zero-order valence-electron chi connectivity index (χ0n) is 17.9. The first kappa shape index (κ1) is 24.9. The van der Waals surface area contributed by atoms with Crippen molar-refractivity contribution in [2.75, 3.05) is 7.05 Å². The number of aromatic nitrogens is 1. The van der Waals surface area contributed by atoms with E-state index in [0.29, 0.717) is 36.6 Å². The van der Waals surface area contributed by atoms with E-state index in [-0.39, 0.29) is 23.2 Å². The molecule has 0 saturated heterocycles. The summed E-state index contributed by atoms with van der Waals surface area (Å²) in [6, 6.07) is 0.620. The molecule has 2 heterocycles. The summed E-state index contributed by atoms with van der Waals surface area (Å²) in [6.07, 6.45) is -1.92. The quantitative estimate of drug-likeness (QED) is 0.513. The van der Waals surface area contributed by atoms with Crippen molar-refractivity contribution in [1.82, 2.24) is 21.0 Å². The van der Waals surface area contributed by atoms with Gasteiger partial charge < -0.3 is 15.4 Å². The van der Waals surface area contributed by atoms with Crippen LogP contribution in [0.4, 0.5) is 18.0 Å². The fourth-order valence-corrected chi connectivity index (χ4v) is 4.62. The van der Waals surface area contributed by atoms with E-state index in [1.54, 1.807) is 6.92 Å². The molecule has 0 aromatic carbocycles. The Kier molecular flexibility index (Phi) is 7.29. The van der Waals surface area contributed by atoms with Crippen LogP contribution < -0.4 is 16.1 Å². The number of hydrazone groups is 1. The molecule has 1 aromatic heterocycles. The van der Waals surface area contributed by atoms with Crippen molar-refractivity contribution in [3.8, 4) is 0 Å². The fraction of sp³-hybridized carbons (Fsp3) is 0.550. The molecule has 3 rings (SSSR count). The first-order chi connectivity index (χ1) is 15.4. The normalized spacial score (nSPS) is 23.8. The highest BCUT2D eigenvalue weighted by Crippen LogP contribution is 2.42. The molecule has 33 heavy (non-hydrogen) atoms. The Labute approximate surface area is 196 Å². The van der Waals surface area contributed by atoms with Gasteiger partial charge in [-0.05, 0) is 66.9 Å². The number of hydrogen-bond donors (Lipinski definition) is 3. The van der Waals surface area contributed by atoms with Gasteiger partial charge >= 0.3 is 24.1 Å². The summed E-state index contributed by atoms with van der Waals surface area (Å²) in [5.74, 6) is -1.30. The molecule has 1 atom stereocenters. The van der Waals surface area contributed by atoms with Crippen LogP contribution in [0.2, 0.25) is 0 Å². The Morgan fingerprint density at radius 2 is 2.00 bits per heavy atom. The SMILES string of the molecule is CNC(=O)C(=O)N[C@@H](C)CC1CCC2(CC1)OC(=O)NN=C2c1cc(C(F)(F)F)ncc1Br. The fourth-order valence-electron chi connectivity index (χ4n) is 4.21. The molecule has 9 nitrogen and oxygen atoms in total. The number of pyridine rings is 1. The molecule has 0 radical (unpaired) electrons. The lowest BCUT2D eigenvalue weighted by Crippen LogP contribution is -2.52. The standard InChI is InChI=1S/C20H23BrF3N5O4/c1-10(27-17(31)16(30)25-2)7-11-3-5-19(6-4-11)15(28-29-18(32)33-19)12-8-14(20(22,23)24)26-9-13(12)21/h8-11H,3-7H2,1-2H3,(H,25,30)(H,27,31)(H,29,32)/t10-,11?,19?/m0/s1. The summed E-state index contributed by atoms with van der Waals surface area (Å²) < 4.78 is 45.6. The van der Waals surface area contributed by atoms with Crippen LogP contribution >= 0.6 is 15.9 Å². The van der Waals surface area contributed by atoms with Gasteiger partial charge in [-0.25, -0.2) is 10.2 Å². The van der Waals surface area contributed by atoms with Gasteiger partial charge in [0.15, 0.2) is 5.60 Å². The highest BCUT2D eigenvalue weighted by Gasteiger charge is 2.47. The third-order valence-corrected chi connectivity index (χ3v) is 6.42. The van der Waals surface area contributed by atoms with Crippen LogP contribution in [0.3, 0.4) is 0 Å². The summed E-state index contributed by atoms with van der Waals surface area (Å²) in [4.78, 5) is 38.5. The van der Waals surface area contributed by atoms with Gasteiger partial charge in [-0.2, -0.15) is 18.3 Å². The summed E-state index contributed by atoms with van der Waals surface area (Å²) in [6.45, 7) is 1.79. The van der Waals surface area contributed by atoms with Gasteiger partial charge in [0, 0.05) is 29.3 Å². The Morgan fingerprint density at radius 3 is 2.61 bits per heavy atom. The van der Waals surface area contributed by atoms with Crippen molar-refractivity contribution in [1.29, 1.82) is 0 Å². The Hall–Kier alpha value is -2.70. The first-order valence-electron chi connectivity index (χ1n) is 10.3. The summed E-state index contributed by atoms with van der Waals surface area (Å²) in [5.41, 5.74) is 0.265. The Balaban J connectivity index is 1.76. The van der Waals surface area contributed by atoms with Crippen LogP contribution in [-0.2, 0) is 20.5 Å². The van der Waals surface area contributed by atoms with Gasteiger partial charge in [0.25, 0.3) is 0 Å². The number of alkyl halides is 3. The van der Waals surface area contributed by atoms with Gasteiger partial charge in [0.1, 0.15) is 11.4 Å². The highest BCUT2D eigenvalue weighted by atomic mass is 79.9. The third kappa shape index (κ3) is 5.63. The van der Waals surface area contributed by atoms with E-state index in [4.69, 9.17) is 4.74 Å². The van der Waals surface area contributed by atoms with Gasteiger partial charge in [-0.1, -0.05) is 0 Å². The van der Waals surface area contributed by atoms with Gasteiger partial charge in [0.05, 0.1) is 0 Å². The molecule has 2 aliphatic rings. The van der Waals surface area contributed by atoms with Crippen molar-refractivity contribution in [3.05, 3.63) is 28.0 Å². The maximum Gasteiger partial charge on any atom is 0.433 e. The van der Waals surface area contributed by atoms with E-state index in [1.807, 2.05) is 0 Å². The lowest BCUT2D eigenvalue weighted by atomic mass is 9.73. The molecule has 3 N–H and O–H groups in total. The van der Waals surface area contributed by atoms with Gasteiger partial charge in [-0.3, -0.25) is 14.6 Å². The number of hydrogen-bond acceptors (Lipinski definition) is 6. The first-order valence-corrected chi connectivity index (χ1v) is 11.1. The van der Waals surface area contributed by atoms with Crippen molar-refractivity contribution in [2.24, 2.45) is 11.0 Å². The maximum absolute atomic E-state index is 13.2. The zero-order chi connectivity index (χ0) is 24.4. The predicted octanol–water partition coefficient (Wildman–Crippen LogP) is 2.88. The molecular weight excluding hydrogens is 511 g/mol. The van der Waals surface area contributed by atoms with Crippen molar-refractivity contribution in [3.63, 3.8) is 0 Å². The predicted molar refractivity (Wildman–Crippen MR) is 114 cm³/mol. The smallest absolute Gasteiger partial charge is 0.433 e. The molecular formula is C20H23BrF3N5O4. The van der Waals surface area contributed by atoms with E-state index in [0.717, 1.165) is 12.3 Å². The lowest BCUT2D eigenvalue weighted by Gasteiger charge is -2.42. The number of nitrogens with one attached hydrogen (secondary N) is 3. The number of likely N-dealkylation sites (N-methyl/N-ethyl adjacent to an activating group) is 1. The number of nitrogens with zero attached hydrogens (tertiary/aromatic N) is 2. The van der Waals surface area contributed by atoms with Crippen molar-refractivity contribution < 1.29 is 32.3 Å². The molecule has 0 unspecified atom stereocenters. The summed E-state index contributed by atoms with van der Waals surface area (Å²) >= 11 is 3.23. The number of carbonyl (C=O) groups is 3. The second-order valence-electron chi connectivity index (χ2n) is 8.14. The van der Waals surface area contributed by atoms with Crippen LogP contribution in [0, 0.1) is 5.92 Å². The second-order valence-corrected chi connectivity index (χ2v) is 8.99. The molecule has 1 aliphatic heterocycles. The lowest BCUT2D eigenvalue weighted by molar-refractivity contribution is -0.141. The molecule has 0 bridgehead atoms. The van der Waals surface area contributed by atoms with Crippen LogP contribution in [0.25, 0.3) is 0 Å². The number of ether oxygens (including phenoxy) is 1. The van der Waals surface area contributed by atoms with E-state index in [1.165, 1.54) is 7.05 Å². The molecule has 13 heteroatoms. The zero-order valence-corrected chi connectivity index (χ0v) is 19.5. The Morgan fingerprint density at radius 1 is 1.33 bits per heavy atom. The molecule has 3 amide bonds. The van der Waals surface area contributed by atoms with Crippen LogP contribution in [-0.4, -0.2) is 47.3 Å². The monoisotopic (exact) mass is 533 g/mol. The molecule has 180 valence electrons. The Bertz CT molecular complexity index is 977. The second kappa shape index (κ2) is 9.65. The minimum absolute atomic E-state index is 0.141. The van der Waals surface area contributed by atoms with Crippen LogP contribution in [0.15, 0.2) is 21.8 Å². The number of rotatable bonds is 4. The minimum atomic E-state index is -4.64. The van der Waals surface area contributed by atoms with Gasteiger partial charge in [0.2, 0.25) is 0 Å². The molecule has 1 aliphatic carbocycles. The highest BCUT2D eigenvalue weighted by molar-refractivity contribution is 9.10. The van der Waals surface area contributed by atoms with E-state index < -0.39 is 35.4 Å². The summed E-state index contributed by atoms with van der Waals surface area (Å²) in [7, 11) is 1.37. The van der Waals surface area contributed by atoms with E-state index in [9.17, 15) is 27.6 Å². The average molecular weight is 534 g/mol. The van der Waals surface area contributed by atoms with E-state index >= 15 is 0 Å². The average Bonchev–Trinajstić information content (AvgIpc) is 2.74. The molecule has 1 aromatic rings. The van der Waals surface area contributed by atoms with Crippen LogP contribution in [0.5, 0.6) is 0 Å². The number of halogens is 4. The van der Waals surface area contributed by atoms with Gasteiger partial charge in [-0.15, -0.1) is 0 Å². The van der Waals surface area contributed by atoms with E-state index in [2.05, 4.69) is 42.1 Å². The van der Waals surface area contributed by atoms with Crippen molar-refractivity contribution in [2.45, 2.75) is 56.8 Å². The number of amides is 3. The number of carbonyl (C=O) groups excluding carboxylic acids is 3. The largest absolute Gasteiger partial charge is 0.435 e. The molecule has 1 fully saturated rings.